The smallest absolute Gasteiger partial charge is 0.313 e. The summed E-state index contributed by atoms with van der Waals surface area (Å²) in [6, 6.07) is 13.8. The molecule has 0 aliphatic heterocycles. The third-order valence-electron chi connectivity index (χ3n) is 3.13. The highest BCUT2D eigenvalue weighted by Crippen LogP contribution is 2.27. The number of amides is 1. The lowest BCUT2D eigenvalue weighted by atomic mass is 10.1. The summed E-state index contributed by atoms with van der Waals surface area (Å²) in [5, 5.41) is 10.7. The van der Waals surface area contributed by atoms with Crippen LogP contribution < -0.4 is 4.90 Å². The molecule has 2 aromatic rings. The second-order valence-corrected chi connectivity index (χ2v) is 5.51. The van der Waals surface area contributed by atoms with Crippen molar-refractivity contribution in [1.29, 1.82) is 0 Å². The number of fused-ring (bicyclic) bond motifs is 1. The molecule has 0 radical (unpaired) electrons. The van der Waals surface area contributed by atoms with Crippen molar-refractivity contribution < 1.29 is 14.7 Å². The lowest BCUT2D eigenvalue weighted by molar-refractivity contribution is -0.133. The van der Waals surface area contributed by atoms with Gasteiger partial charge >= 0.3 is 5.97 Å². The van der Waals surface area contributed by atoms with E-state index >= 15 is 0 Å². The van der Waals surface area contributed by atoms with Gasteiger partial charge in [0.2, 0.25) is 5.91 Å². The zero-order valence-corrected chi connectivity index (χ0v) is 12.6. The summed E-state index contributed by atoms with van der Waals surface area (Å²) in [6.45, 7) is 2.47. The predicted molar refractivity (Wildman–Crippen MR) is 86.9 cm³/mol. The van der Waals surface area contributed by atoms with E-state index in [9.17, 15) is 9.59 Å². The van der Waals surface area contributed by atoms with Gasteiger partial charge in [-0.2, -0.15) is 0 Å². The lowest BCUT2D eigenvalue weighted by Crippen LogP contribution is -2.32. The summed E-state index contributed by atoms with van der Waals surface area (Å²) < 4.78 is 0. The Labute approximate surface area is 127 Å². The van der Waals surface area contributed by atoms with Crippen molar-refractivity contribution in [2.75, 3.05) is 23.0 Å². The van der Waals surface area contributed by atoms with Gasteiger partial charge in [0.15, 0.2) is 0 Å². The Kier molecular flexibility index (Phi) is 5.22. The highest BCUT2D eigenvalue weighted by molar-refractivity contribution is 8.00. The summed E-state index contributed by atoms with van der Waals surface area (Å²) in [7, 11) is 0. The Bertz CT molecular complexity index is 652. The van der Waals surface area contributed by atoms with Crippen molar-refractivity contribution in [1.82, 2.24) is 0 Å². The first kappa shape index (κ1) is 15.4. The molecule has 1 amide bonds. The summed E-state index contributed by atoms with van der Waals surface area (Å²) in [6.07, 6.45) is 0. The maximum absolute atomic E-state index is 12.3. The fourth-order valence-corrected chi connectivity index (χ4v) is 2.84. The van der Waals surface area contributed by atoms with E-state index < -0.39 is 5.97 Å². The summed E-state index contributed by atoms with van der Waals surface area (Å²) in [5.74, 6) is -0.858. The third-order valence-corrected chi connectivity index (χ3v) is 4.03. The predicted octanol–water partition coefficient (Wildman–Crippen LogP) is 3.01. The first-order valence-corrected chi connectivity index (χ1v) is 7.86. The molecule has 0 saturated carbocycles. The van der Waals surface area contributed by atoms with E-state index in [0.717, 1.165) is 28.2 Å². The molecule has 0 fully saturated rings. The minimum Gasteiger partial charge on any atom is -0.481 e. The third kappa shape index (κ3) is 3.76. The SMILES string of the molecule is CCN(C(=O)CSCC(=O)O)c1cccc2ccccc12. The number of rotatable bonds is 6. The molecule has 0 unspecified atom stereocenters. The van der Waals surface area contributed by atoms with Gasteiger partial charge in [0.25, 0.3) is 0 Å². The maximum atomic E-state index is 12.3. The van der Waals surface area contributed by atoms with Gasteiger partial charge in [-0.25, -0.2) is 0 Å². The Balaban J connectivity index is 2.23. The Morgan fingerprint density at radius 2 is 1.81 bits per heavy atom. The van der Waals surface area contributed by atoms with Gasteiger partial charge in [0.05, 0.1) is 17.2 Å². The van der Waals surface area contributed by atoms with Crippen molar-refractivity contribution in [3.8, 4) is 0 Å². The van der Waals surface area contributed by atoms with Crippen LogP contribution in [0.5, 0.6) is 0 Å². The zero-order chi connectivity index (χ0) is 15.2. The number of aliphatic carboxylic acids is 1. The zero-order valence-electron chi connectivity index (χ0n) is 11.8. The lowest BCUT2D eigenvalue weighted by Gasteiger charge is -2.22. The molecule has 0 atom stereocenters. The minimum absolute atomic E-state index is 0.0567. The highest BCUT2D eigenvalue weighted by Gasteiger charge is 2.16. The molecular formula is C16H17NO3S. The number of hydrogen-bond donors (Lipinski definition) is 1. The normalized spacial score (nSPS) is 10.5. The van der Waals surface area contributed by atoms with Crippen LogP contribution in [0.4, 0.5) is 5.69 Å². The first-order valence-electron chi connectivity index (χ1n) is 6.71. The van der Waals surface area contributed by atoms with Gasteiger partial charge in [-0.15, -0.1) is 11.8 Å². The largest absolute Gasteiger partial charge is 0.481 e. The van der Waals surface area contributed by atoms with Crippen LogP contribution in [-0.2, 0) is 9.59 Å². The molecule has 0 bridgehead atoms. The molecular weight excluding hydrogens is 286 g/mol. The molecule has 0 aliphatic carbocycles. The van der Waals surface area contributed by atoms with Crippen molar-refractivity contribution in [3.63, 3.8) is 0 Å². The average molecular weight is 303 g/mol. The monoisotopic (exact) mass is 303 g/mol. The molecule has 0 aliphatic rings. The van der Waals surface area contributed by atoms with Crippen LogP contribution >= 0.6 is 11.8 Å². The van der Waals surface area contributed by atoms with Crippen LogP contribution in [-0.4, -0.2) is 35.0 Å². The van der Waals surface area contributed by atoms with Crippen LogP contribution in [0, 0.1) is 0 Å². The van der Waals surface area contributed by atoms with E-state index in [2.05, 4.69) is 0 Å². The second-order valence-electron chi connectivity index (χ2n) is 4.52. The number of carbonyl (C=O) groups excluding carboxylic acids is 1. The van der Waals surface area contributed by atoms with Crippen molar-refractivity contribution >= 4 is 40.1 Å². The average Bonchev–Trinajstić information content (AvgIpc) is 2.48. The van der Waals surface area contributed by atoms with E-state index in [1.54, 1.807) is 4.90 Å². The van der Waals surface area contributed by atoms with E-state index in [1.807, 2.05) is 49.4 Å². The molecule has 2 rings (SSSR count). The second kappa shape index (κ2) is 7.13. The van der Waals surface area contributed by atoms with Crippen LogP contribution in [0.15, 0.2) is 42.5 Å². The Hall–Kier alpha value is -2.01. The summed E-state index contributed by atoms with van der Waals surface area (Å²) in [4.78, 5) is 24.5. The molecule has 5 heteroatoms. The topological polar surface area (TPSA) is 57.6 Å². The molecule has 110 valence electrons. The van der Waals surface area contributed by atoms with Gasteiger partial charge in [-0.05, 0) is 18.4 Å². The number of hydrogen-bond acceptors (Lipinski definition) is 3. The van der Waals surface area contributed by atoms with Crippen molar-refractivity contribution in [2.45, 2.75) is 6.92 Å². The number of carboxylic acids is 1. The van der Waals surface area contributed by atoms with Gasteiger partial charge in [-0.1, -0.05) is 36.4 Å². The van der Waals surface area contributed by atoms with E-state index in [4.69, 9.17) is 5.11 Å². The number of benzene rings is 2. The maximum Gasteiger partial charge on any atom is 0.313 e. The van der Waals surface area contributed by atoms with Crippen LogP contribution in [0.2, 0.25) is 0 Å². The number of carboxylic acid groups (broad SMARTS) is 1. The van der Waals surface area contributed by atoms with E-state index in [0.29, 0.717) is 6.54 Å². The molecule has 0 saturated heterocycles. The van der Waals surface area contributed by atoms with Crippen molar-refractivity contribution in [2.24, 2.45) is 0 Å². The molecule has 2 aromatic carbocycles. The van der Waals surface area contributed by atoms with Crippen LogP contribution in [0.1, 0.15) is 6.92 Å². The standard InChI is InChI=1S/C16H17NO3S/c1-2-17(15(18)10-21-11-16(19)20)14-9-5-7-12-6-3-4-8-13(12)14/h3-9H,2,10-11H2,1H3,(H,19,20). The highest BCUT2D eigenvalue weighted by atomic mass is 32.2. The van der Waals surface area contributed by atoms with Gasteiger partial charge in [0, 0.05) is 11.9 Å². The summed E-state index contributed by atoms with van der Waals surface area (Å²) in [5.41, 5.74) is 0.872. The number of nitrogens with zero attached hydrogens (tertiary/aromatic N) is 1. The molecule has 0 spiro atoms. The Morgan fingerprint density at radius 3 is 2.52 bits per heavy atom. The molecule has 0 heterocycles. The number of anilines is 1. The summed E-state index contributed by atoms with van der Waals surface area (Å²) >= 11 is 1.12. The fraction of sp³-hybridized carbons (Fsp3) is 0.250. The van der Waals surface area contributed by atoms with Gasteiger partial charge in [0.1, 0.15) is 0 Å². The van der Waals surface area contributed by atoms with Gasteiger partial charge in [-0.3, -0.25) is 9.59 Å². The van der Waals surface area contributed by atoms with Gasteiger partial charge < -0.3 is 10.0 Å². The number of carbonyl (C=O) groups is 2. The minimum atomic E-state index is -0.902. The first-order chi connectivity index (χ1) is 10.1. The molecule has 0 aromatic heterocycles. The molecule has 4 nitrogen and oxygen atoms in total. The Morgan fingerprint density at radius 1 is 1.10 bits per heavy atom. The van der Waals surface area contributed by atoms with Crippen LogP contribution in [0.25, 0.3) is 10.8 Å². The van der Waals surface area contributed by atoms with Crippen molar-refractivity contribution in [3.05, 3.63) is 42.5 Å². The van der Waals surface area contributed by atoms with E-state index in [1.165, 1.54) is 0 Å². The quantitative estimate of drug-likeness (QED) is 0.891. The van der Waals surface area contributed by atoms with Crippen LogP contribution in [0.3, 0.4) is 0 Å². The number of thioether (sulfide) groups is 1. The fourth-order valence-electron chi connectivity index (χ4n) is 2.23. The van der Waals surface area contributed by atoms with E-state index in [-0.39, 0.29) is 17.4 Å². The molecule has 21 heavy (non-hydrogen) atoms. The molecule has 1 N–H and O–H groups in total.